The zero-order chi connectivity index (χ0) is 34.0. The van der Waals surface area contributed by atoms with Gasteiger partial charge in [-0.2, -0.15) is 31.4 Å². The Bertz CT molecular complexity index is 1490. The number of benzene rings is 1. The van der Waals surface area contributed by atoms with Crippen LogP contribution in [-0.4, -0.2) is 93.5 Å². The Morgan fingerprint density at radius 3 is 2.28 bits per heavy atom. The predicted octanol–water partition coefficient (Wildman–Crippen LogP) is 3.57. The Hall–Kier alpha value is -4.42. The van der Waals surface area contributed by atoms with E-state index in [-0.39, 0.29) is 54.8 Å². The number of hydroxylamine groups is 2. The summed E-state index contributed by atoms with van der Waals surface area (Å²) in [4.78, 5) is 55.2. The molecule has 1 aliphatic carbocycles. The number of hydrogen-bond donors (Lipinski definition) is 2. The summed E-state index contributed by atoms with van der Waals surface area (Å²) in [6.07, 6.45) is -10.4. The van der Waals surface area contributed by atoms with Crippen molar-refractivity contribution in [3.63, 3.8) is 0 Å². The molecule has 1 saturated heterocycles. The molecule has 1 amide bonds. The van der Waals surface area contributed by atoms with Crippen LogP contribution in [0.1, 0.15) is 55.7 Å². The third-order valence-electron chi connectivity index (χ3n) is 7.19. The first-order valence-corrected chi connectivity index (χ1v) is 14.1. The van der Waals surface area contributed by atoms with Gasteiger partial charge >= 0.3 is 24.3 Å². The first-order chi connectivity index (χ1) is 21.4. The lowest BCUT2D eigenvalue weighted by Gasteiger charge is -2.39. The zero-order valence-electron chi connectivity index (χ0n) is 24.8. The van der Waals surface area contributed by atoms with Gasteiger partial charge in [-0.15, -0.1) is 0 Å². The number of rotatable bonds is 5. The molecular formula is C27H31F6N7O6. The number of alkyl halides is 6. The van der Waals surface area contributed by atoms with Gasteiger partial charge in [0.25, 0.3) is 11.9 Å². The van der Waals surface area contributed by atoms with Crippen molar-refractivity contribution in [3.8, 4) is 0 Å². The van der Waals surface area contributed by atoms with Gasteiger partial charge in [0.05, 0.1) is 29.8 Å². The summed E-state index contributed by atoms with van der Waals surface area (Å²) in [5.41, 5.74) is 6.80. The van der Waals surface area contributed by atoms with Gasteiger partial charge in [0.2, 0.25) is 5.82 Å². The van der Waals surface area contributed by atoms with Crippen molar-refractivity contribution in [2.75, 3.05) is 18.4 Å². The Labute approximate surface area is 258 Å². The second-order valence-corrected chi connectivity index (χ2v) is 11.0. The number of guanidine groups is 1. The number of nitrogens with two attached hydrogens (primary N) is 1. The molecule has 2 heterocycles. The number of amides is 1. The van der Waals surface area contributed by atoms with Gasteiger partial charge in [0.15, 0.2) is 0 Å². The number of nitrogens with one attached hydrogen (secondary N) is 1. The Kier molecular flexibility index (Phi) is 10.1. The number of hydrogen-bond acceptors (Lipinski definition) is 10. The first kappa shape index (κ1) is 34.5. The molecule has 4 atom stereocenters. The average molecular weight is 664 g/mol. The minimum atomic E-state index is -5.52. The number of carbonyl (C=O) groups is 3. The third-order valence-corrected chi connectivity index (χ3v) is 7.19. The van der Waals surface area contributed by atoms with E-state index in [1.165, 1.54) is 0 Å². The van der Waals surface area contributed by atoms with Crippen LogP contribution in [0, 0.1) is 6.92 Å². The number of carbonyl (C=O) groups excluding carboxylic acids is 3. The van der Waals surface area contributed by atoms with Crippen LogP contribution in [0.4, 0.5) is 32.2 Å². The van der Waals surface area contributed by atoms with Gasteiger partial charge < -0.3 is 30.4 Å². The van der Waals surface area contributed by atoms with E-state index in [0.717, 1.165) is 5.56 Å². The summed E-state index contributed by atoms with van der Waals surface area (Å²) in [5.74, 6) is -7.36. The molecule has 4 rings (SSSR count). The van der Waals surface area contributed by atoms with Crippen molar-refractivity contribution in [1.82, 2.24) is 19.9 Å². The van der Waals surface area contributed by atoms with Crippen molar-refractivity contribution in [2.45, 2.75) is 83.1 Å². The summed E-state index contributed by atoms with van der Waals surface area (Å²) in [6.45, 7) is 5.98. The van der Waals surface area contributed by atoms with Gasteiger partial charge in [-0.1, -0.05) is 24.5 Å². The summed E-state index contributed by atoms with van der Waals surface area (Å²) in [5, 5.41) is 6.50. The molecule has 1 aromatic heterocycles. The van der Waals surface area contributed by atoms with E-state index < -0.39 is 48.2 Å². The summed E-state index contributed by atoms with van der Waals surface area (Å²) >= 11 is 0. The highest BCUT2D eigenvalue weighted by molar-refractivity contribution is 5.97. The quantitative estimate of drug-likeness (QED) is 0.158. The number of halogens is 6. The third kappa shape index (κ3) is 8.24. The van der Waals surface area contributed by atoms with Crippen molar-refractivity contribution in [2.24, 2.45) is 10.9 Å². The van der Waals surface area contributed by atoms with Gasteiger partial charge in [-0.3, -0.25) is 4.79 Å². The highest BCUT2D eigenvalue weighted by atomic mass is 19.4. The SMILES string of the molecule is Cc1ccc2nc(C(=O)N3C[C@@H](C)O[C@@H](C)C3)nc(NC3CCCCC3N(OC(=O)C(F)(F)F)/C(N)=N/OC(=O)C(F)(F)F)c2c1. The normalized spacial score (nSPS) is 22.7. The van der Waals surface area contributed by atoms with Crippen molar-refractivity contribution in [1.29, 1.82) is 0 Å². The molecule has 1 aliphatic heterocycles. The lowest BCUT2D eigenvalue weighted by atomic mass is 9.90. The number of aromatic nitrogens is 2. The first-order valence-electron chi connectivity index (χ1n) is 14.1. The van der Waals surface area contributed by atoms with E-state index in [0.29, 0.717) is 23.7 Å². The van der Waals surface area contributed by atoms with Crippen LogP contribution in [0.5, 0.6) is 0 Å². The number of nitrogens with zero attached hydrogens (tertiary/aromatic N) is 5. The summed E-state index contributed by atoms with van der Waals surface area (Å²) < 4.78 is 83.2. The molecule has 13 nitrogen and oxygen atoms in total. The monoisotopic (exact) mass is 663 g/mol. The summed E-state index contributed by atoms with van der Waals surface area (Å²) in [6, 6.07) is 2.94. The number of morpholine rings is 1. The predicted molar refractivity (Wildman–Crippen MR) is 148 cm³/mol. The van der Waals surface area contributed by atoms with Crippen LogP contribution in [0.15, 0.2) is 23.4 Å². The molecule has 0 bridgehead atoms. The second kappa shape index (κ2) is 13.5. The van der Waals surface area contributed by atoms with Gasteiger partial charge in [-0.25, -0.2) is 19.6 Å². The molecule has 46 heavy (non-hydrogen) atoms. The van der Waals surface area contributed by atoms with Crippen LogP contribution in [-0.2, 0) is 24.0 Å². The van der Waals surface area contributed by atoms with Gasteiger partial charge in [-0.05, 0) is 50.9 Å². The van der Waals surface area contributed by atoms with E-state index in [2.05, 4.69) is 30.1 Å². The topological polar surface area (TPSA) is 162 Å². The fourth-order valence-electron chi connectivity index (χ4n) is 5.27. The number of anilines is 1. The molecule has 1 saturated carbocycles. The number of fused-ring (bicyclic) bond motifs is 1. The van der Waals surface area contributed by atoms with E-state index >= 15 is 0 Å². The largest absolute Gasteiger partial charge is 0.493 e. The number of aryl methyl sites for hydroxylation is 1. The van der Waals surface area contributed by atoms with Crippen molar-refractivity contribution in [3.05, 3.63) is 29.6 Å². The minimum Gasteiger partial charge on any atom is -0.372 e. The zero-order valence-corrected chi connectivity index (χ0v) is 24.8. The maximum absolute atomic E-state index is 13.5. The maximum Gasteiger partial charge on any atom is 0.493 e. The highest BCUT2D eigenvalue weighted by Gasteiger charge is 2.46. The fourth-order valence-corrected chi connectivity index (χ4v) is 5.27. The average Bonchev–Trinajstić information content (AvgIpc) is 2.97. The molecular weight excluding hydrogens is 632 g/mol. The van der Waals surface area contributed by atoms with E-state index in [1.54, 1.807) is 30.0 Å². The molecule has 0 radical (unpaired) electrons. The molecule has 2 aliphatic rings. The lowest BCUT2D eigenvalue weighted by Crippen LogP contribution is -2.55. The molecule has 0 spiro atoms. The second-order valence-electron chi connectivity index (χ2n) is 11.0. The Morgan fingerprint density at radius 1 is 1.02 bits per heavy atom. The molecule has 19 heteroatoms. The molecule has 2 unspecified atom stereocenters. The summed E-state index contributed by atoms with van der Waals surface area (Å²) in [7, 11) is 0. The lowest BCUT2D eigenvalue weighted by molar-refractivity contribution is -0.232. The van der Waals surface area contributed by atoms with Crippen molar-refractivity contribution < 1.29 is 55.1 Å². The molecule has 252 valence electrons. The van der Waals surface area contributed by atoms with Crippen LogP contribution in [0.2, 0.25) is 0 Å². The number of ether oxygens (including phenoxy) is 1. The van der Waals surface area contributed by atoms with Crippen molar-refractivity contribution >= 4 is 40.5 Å². The fraction of sp³-hybridized carbons (Fsp3) is 0.556. The Balaban J connectivity index is 1.72. The number of oxime groups is 1. The van der Waals surface area contributed by atoms with E-state index in [1.807, 2.05) is 13.8 Å². The van der Waals surface area contributed by atoms with Crippen LogP contribution >= 0.6 is 0 Å². The highest BCUT2D eigenvalue weighted by Crippen LogP contribution is 2.31. The van der Waals surface area contributed by atoms with E-state index in [4.69, 9.17) is 10.5 Å². The van der Waals surface area contributed by atoms with Crippen LogP contribution in [0.25, 0.3) is 10.9 Å². The Morgan fingerprint density at radius 2 is 1.65 bits per heavy atom. The maximum atomic E-state index is 13.5. The van der Waals surface area contributed by atoms with Crippen LogP contribution in [0.3, 0.4) is 0 Å². The van der Waals surface area contributed by atoms with Crippen LogP contribution < -0.4 is 11.1 Å². The molecule has 3 N–H and O–H groups in total. The molecule has 2 aromatic rings. The molecule has 1 aromatic carbocycles. The molecule has 2 fully saturated rings. The van der Waals surface area contributed by atoms with Gasteiger partial charge in [0.1, 0.15) is 5.82 Å². The standard InChI is InChI=1S/C27H31F6N7O6/c1-13-8-9-17-16(10-13)20(37-21(35-17)22(41)39-11-14(2)44-15(3)12-39)36-18-6-4-5-7-19(18)40(46-24(43)27(31,32)33)25(34)38-45-23(42)26(28,29)30/h8-10,14-15,18-19H,4-7,11-12H2,1-3H3,(H2,34,38)(H,35,36,37)/t14-,15+,18?,19?. The van der Waals surface area contributed by atoms with Gasteiger partial charge in [0, 0.05) is 18.5 Å². The minimum absolute atomic E-state index is 0.00360. The van der Waals surface area contributed by atoms with E-state index in [9.17, 15) is 40.7 Å². The smallest absolute Gasteiger partial charge is 0.372 e.